The summed E-state index contributed by atoms with van der Waals surface area (Å²) < 4.78 is 6.29. The van der Waals surface area contributed by atoms with E-state index in [1.54, 1.807) is 12.4 Å². The number of nitrogens with zero attached hydrogens (tertiary/aromatic N) is 2. The van der Waals surface area contributed by atoms with Gasteiger partial charge in [-0.1, -0.05) is 13.8 Å². The molecule has 0 unspecified atom stereocenters. The highest BCUT2D eigenvalue weighted by atomic mass is 32.2. The predicted octanol–water partition coefficient (Wildman–Crippen LogP) is 2.73. The molecule has 5 heteroatoms. The number of hydrogen-bond acceptors (Lipinski definition) is 4. The molecule has 22 heavy (non-hydrogen) atoms. The van der Waals surface area contributed by atoms with Gasteiger partial charge in [0.1, 0.15) is 0 Å². The van der Waals surface area contributed by atoms with Crippen LogP contribution in [0.3, 0.4) is 0 Å². The van der Waals surface area contributed by atoms with Gasteiger partial charge in [-0.15, -0.1) is 11.8 Å². The van der Waals surface area contributed by atoms with E-state index in [0.717, 1.165) is 25.3 Å². The Morgan fingerprint density at radius 3 is 2.86 bits per heavy atom. The minimum atomic E-state index is 0.259. The van der Waals surface area contributed by atoms with Crippen LogP contribution in [-0.4, -0.2) is 45.5 Å². The molecule has 0 aromatic carbocycles. The number of hydrogen-bond donors (Lipinski definition) is 0. The van der Waals surface area contributed by atoms with Crippen LogP contribution in [-0.2, 0) is 16.1 Å². The summed E-state index contributed by atoms with van der Waals surface area (Å²) in [5.74, 6) is 1.79. The maximum absolute atomic E-state index is 12.0. The van der Waals surface area contributed by atoms with Gasteiger partial charge in [-0.3, -0.25) is 9.78 Å². The highest BCUT2D eigenvalue weighted by Crippen LogP contribution is 2.46. The van der Waals surface area contributed by atoms with Crippen LogP contribution in [0.5, 0.6) is 0 Å². The van der Waals surface area contributed by atoms with E-state index >= 15 is 0 Å². The lowest BCUT2D eigenvalue weighted by atomic mass is 9.92. The highest BCUT2D eigenvalue weighted by Gasteiger charge is 2.50. The van der Waals surface area contributed by atoms with E-state index in [4.69, 9.17) is 4.74 Å². The summed E-state index contributed by atoms with van der Waals surface area (Å²) in [5, 5.41) is 0. The van der Waals surface area contributed by atoms with Crippen LogP contribution < -0.4 is 0 Å². The average Bonchev–Trinajstić information content (AvgIpc) is 2.88. The van der Waals surface area contributed by atoms with E-state index in [9.17, 15) is 4.79 Å². The van der Waals surface area contributed by atoms with Crippen LogP contribution >= 0.6 is 11.8 Å². The second kappa shape index (κ2) is 6.59. The zero-order chi connectivity index (χ0) is 15.6. The monoisotopic (exact) mass is 320 g/mol. The third kappa shape index (κ3) is 3.63. The van der Waals surface area contributed by atoms with Gasteiger partial charge in [0.2, 0.25) is 5.91 Å². The second-order valence-corrected chi connectivity index (χ2v) is 8.32. The lowest BCUT2D eigenvalue weighted by Gasteiger charge is -2.47. The molecule has 0 radical (unpaired) electrons. The molecule has 3 rings (SSSR count). The minimum Gasteiger partial charge on any atom is -0.373 e. The van der Waals surface area contributed by atoms with Gasteiger partial charge in [-0.2, -0.15) is 0 Å². The summed E-state index contributed by atoms with van der Waals surface area (Å²) >= 11 is 1.98. The number of carbonyl (C=O) groups excluding carboxylic acids is 1. The number of ether oxygens (including phenoxy) is 1. The molecule has 120 valence electrons. The van der Waals surface area contributed by atoms with Crippen LogP contribution in [0.15, 0.2) is 24.5 Å². The average molecular weight is 320 g/mol. The fourth-order valence-corrected chi connectivity index (χ4v) is 4.68. The van der Waals surface area contributed by atoms with Gasteiger partial charge in [0, 0.05) is 37.7 Å². The van der Waals surface area contributed by atoms with Gasteiger partial charge in [0.05, 0.1) is 17.5 Å². The van der Waals surface area contributed by atoms with Crippen molar-refractivity contribution in [3.05, 3.63) is 30.1 Å². The molecular formula is C17H24N2O2S. The van der Waals surface area contributed by atoms with Crippen LogP contribution in [0.25, 0.3) is 0 Å². The van der Waals surface area contributed by atoms with E-state index in [-0.39, 0.29) is 4.75 Å². The molecule has 0 N–H and O–H groups in total. The van der Waals surface area contributed by atoms with Crippen molar-refractivity contribution in [2.24, 2.45) is 5.92 Å². The fourth-order valence-electron chi connectivity index (χ4n) is 3.13. The molecule has 1 aromatic heterocycles. The fraction of sp³-hybridized carbons (Fsp3) is 0.647. The molecule has 0 aliphatic carbocycles. The molecule has 2 saturated heterocycles. The molecule has 1 aromatic rings. The smallest absolute Gasteiger partial charge is 0.222 e. The van der Waals surface area contributed by atoms with Gasteiger partial charge in [0.25, 0.3) is 0 Å². The van der Waals surface area contributed by atoms with Crippen molar-refractivity contribution in [3.63, 3.8) is 0 Å². The Labute approximate surface area is 136 Å². The van der Waals surface area contributed by atoms with Gasteiger partial charge < -0.3 is 9.64 Å². The molecule has 3 heterocycles. The molecule has 4 nitrogen and oxygen atoms in total. The SMILES string of the molecule is CC(C)CC(=O)N1CC2(C[C@@H](OCc3ccncc3)CS2)C1. The maximum atomic E-state index is 12.0. The van der Waals surface area contributed by atoms with Gasteiger partial charge in [0.15, 0.2) is 0 Å². The molecule has 2 aliphatic heterocycles. The number of carbonyl (C=O) groups is 1. The van der Waals surface area contributed by atoms with Crippen LogP contribution in [0.2, 0.25) is 0 Å². The van der Waals surface area contributed by atoms with E-state index < -0.39 is 0 Å². The van der Waals surface area contributed by atoms with Crippen molar-refractivity contribution in [1.29, 1.82) is 0 Å². The summed E-state index contributed by atoms with van der Waals surface area (Å²) in [7, 11) is 0. The summed E-state index contributed by atoms with van der Waals surface area (Å²) in [6, 6.07) is 3.99. The quantitative estimate of drug-likeness (QED) is 0.836. The minimum absolute atomic E-state index is 0.259. The van der Waals surface area contributed by atoms with Crippen molar-refractivity contribution < 1.29 is 9.53 Å². The number of thioether (sulfide) groups is 1. The number of likely N-dealkylation sites (tertiary alicyclic amines) is 1. The number of amides is 1. The van der Waals surface area contributed by atoms with Crippen molar-refractivity contribution in [2.45, 2.75) is 44.1 Å². The maximum Gasteiger partial charge on any atom is 0.222 e. The van der Waals surface area contributed by atoms with Gasteiger partial charge >= 0.3 is 0 Å². The third-order valence-corrected chi connectivity index (χ3v) is 5.88. The Morgan fingerprint density at radius 2 is 2.18 bits per heavy atom. The Morgan fingerprint density at radius 1 is 1.45 bits per heavy atom. The van der Waals surface area contributed by atoms with Gasteiger partial charge in [-0.05, 0) is 30.0 Å². The highest BCUT2D eigenvalue weighted by molar-refractivity contribution is 8.01. The topological polar surface area (TPSA) is 42.4 Å². The molecule has 0 bridgehead atoms. The van der Waals surface area contributed by atoms with Crippen molar-refractivity contribution in [3.8, 4) is 0 Å². The zero-order valence-corrected chi connectivity index (χ0v) is 14.1. The first-order chi connectivity index (χ1) is 10.6. The van der Waals surface area contributed by atoms with Crippen LogP contribution in [0.4, 0.5) is 0 Å². The molecule has 1 amide bonds. The van der Waals surface area contributed by atoms with Crippen LogP contribution in [0.1, 0.15) is 32.3 Å². The number of pyridine rings is 1. The first-order valence-corrected chi connectivity index (χ1v) is 8.97. The predicted molar refractivity (Wildman–Crippen MR) is 88.7 cm³/mol. The van der Waals surface area contributed by atoms with Crippen molar-refractivity contribution >= 4 is 17.7 Å². The van der Waals surface area contributed by atoms with E-state index in [1.807, 2.05) is 28.8 Å². The Bertz CT molecular complexity index is 515. The van der Waals surface area contributed by atoms with Gasteiger partial charge in [-0.25, -0.2) is 0 Å². The zero-order valence-electron chi connectivity index (χ0n) is 13.3. The lowest BCUT2D eigenvalue weighted by molar-refractivity contribution is -0.137. The Kier molecular flexibility index (Phi) is 4.73. The van der Waals surface area contributed by atoms with Crippen molar-refractivity contribution in [2.75, 3.05) is 18.8 Å². The summed E-state index contributed by atoms with van der Waals surface area (Å²) in [4.78, 5) is 18.1. The third-order valence-electron chi connectivity index (χ3n) is 4.30. The molecule has 2 aliphatic rings. The summed E-state index contributed by atoms with van der Waals surface area (Å²) in [6.45, 7) is 6.65. The molecule has 1 atom stereocenters. The van der Waals surface area contributed by atoms with Crippen LogP contribution in [0, 0.1) is 5.92 Å². The standard InChI is InChI=1S/C17H24N2O2S/c1-13(2)7-16(20)19-11-17(12-19)8-15(10-22-17)21-9-14-3-5-18-6-4-14/h3-6,13,15H,7-12H2,1-2H3/t15-/m1/s1. The Hall–Kier alpha value is -1.07. The molecule has 1 spiro atoms. The first-order valence-electron chi connectivity index (χ1n) is 7.98. The summed E-state index contributed by atoms with van der Waals surface area (Å²) in [5.41, 5.74) is 1.17. The lowest BCUT2D eigenvalue weighted by Crippen LogP contribution is -2.60. The van der Waals surface area contributed by atoms with E-state index in [0.29, 0.717) is 31.0 Å². The largest absolute Gasteiger partial charge is 0.373 e. The molecule has 2 fully saturated rings. The number of aromatic nitrogens is 1. The van der Waals surface area contributed by atoms with Crippen molar-refractivity contribution in [1.82, 2.24) is 9.88 Å². The summed E-state index contributed by atoms with van der Waals surface area (Å²) in [6.07, 6.45) is 5.64. The Balaban J connectivity index is 1.43. The normalized spacial score (nSPS) is 23.0. The van der Waals surface area contributed by atoms with E-state index in [2.05, 4.69) is 18.8 Å². The molecule has 0 saturated carbocycles. The second-order valence-electron chi connectivity index (χ2n) is 6.83. The molecular weight excluding hydrogens is 296 g/mol. The number of rotatable bonds is 5. The van der Waals surface area contributed by atoms with E-state index in [1.165, 1.54) is 5.56 Å². The first kappa shape index (κ1) is 15.8.